The first kappa shape index (κ1) is 13.2. The number of aliphatic hydroxyl groups is 2. The van der Waals surface area contributed by atoms with E-state index in [-0.39, 0.29) is 11.7 Å². The second-order valence-corrected chi connectivity index (χ2v) is 7.63. The van der Waals surface area contributed by atoms with Gasteiger partial charge >= 0.3 is 0 Å². The summed E-state index contributed by atoms with van der Waals surface area (Å²) in [7, 11) is 0. The number of rotatable bonds is 0. The maximum atomic E-state index is 11.7. The quantitative estimate of drug-likeness (QED) is 0.686. The van der Waals surface area contributed by atoms with Gasteiger partial charge in [0.25, 0.3) is 0 Å². The monoisotopic (exact) mass is 302 g/mol. The lowest BCUT2D eigenvalue weighted by atomic mass is 9.49. The number of hydrogen-bond donors (Lipinski definition) is 3. The third kappa shape index (κ3) is 1.25. The number of phenols is 1. The standard InChI is InChI=1S/C18H22O4/c19-12-5-4-10-9-11-3-1-2-7-17-14(10)15(12)22-16(17)13(20)6-8-18(11,17)21/h4-5,11,13,16,19-21H,1-3,6-9H2/t11-,13+,16+,17+,18-/m1/s1. The third-order valence-corrected chi connectivity index (χ3v) is 6.86. The average Bonchev–Trinajstić information content (AvgIpc) is 2.83. The Balaban J connectivity index is 1.86. The predicted molar refractivity (Wildman–Crippen MR) is 80.1 cm³/mol. The normalized spacial score (nSPS) is 44.9. The average molecular weight is 302 g/mol. The highest BCUT2D eigenvalue weighted by atomic mass is 16.5. The molecular formula is C18H22O4. The van der Waals surface area contributed by atoms with E-state index in [9.17, 15) is 15.3 Å². The van der Waals surface area contributed by atoms with Crippen LogP contribution in [0.3, 0.4) is 0 Å². The molecule has 22 heavy (non-hydrogen) atoms. The summed E-state index contributed by atoms with van der Waals surface area (Å²) in [5.41, 5.74) is 0.852. The second-order valence-electron chi connectivity index (χ2n) is 7.63. The van der Waals surface area contributed by atoms with Crippen LogP contribution in [0.1, 0.15) is 49.7 Å². The summed E-state index contributed by atoms with van der Waals surface area (Å²) >= 11 is 0. The number of aromatic hydroxyl groups is 1. The molecule has 0 saturated heterocycles. The van der Waals surface area contributed by atoms with E-state index in [0.29, 0.717) is 18.6 Å². The molecule has 5 rings (SSSR count). The molecular weight excluding hydrogens is 280 g/mol. The lowest BCUT2D eigenvalue weighted by Gasteiger charge is -2.57. The Labute approximate surface area is 129 Å². The molecule has 4 heteroatoms. The van der Waals surface area contributed by atoms with E-state index < -0.39 is 23.2 Å². The van der Waals surface area contributed by atoms with Crippen LogP contribution in [0, 0.1) is 5.92 Å². The summed E-state index contributed by atoms with van der Waals surface area (Å²) < 4.78 is 6.08. The van der Waals surface area contributed by atoms with E-state index in [1.807, 2.05) is 6.07 Å². The molecule has 1 aromatic carbocycles. The molecule has 2 bridgehead atoms. The molecule has 3 aliphatic carbocycles. The lowest BCUT2D eigenvalue weighted by Crippen LogP contribution is -2.68. The van der Waals surface area contributed by atoms with Gasteiger partial charge in [0.15, 0.2) is 11.5 Å². The Hall–Kier alpha value is -1.26. The molecule has 0 radical (unpaired) electrons. The summed E-state index contributed by atoms with van der Waals surface area (Å²) in [5, 5.41) is 32.6. The van der Waals surface area contributed by atoms with Crippen molar-refractivity contribution in [1.29, 1.82) is 0 Å². The first-order valence-electron chi connectivity index (χ1n) is 8.50. The van der Waals surface area contributed by atoms with Gasteiger partial charge in [0.2, 0.25) is 0 Å². The van der Waals surface area contributed by atoms with Crippen LogP contribution in [0.4, 0.5) is 0 Å². The Morgan fingerprint density at radius 1 is 1.14 bits per heavy atom. The lowest BCUT2D eigenvalue weighted by molar-refractivity contribution is -0.176. The van der Waals surface area contributed by atoms with Gasteiger partial charge in [0.05, 0.1) is 17.1 Å². The summed E-state index contributed by atoms with van der Waals surface area (Å²) in [4.78, 5) is 0. The minimum atomic E-state index is -0.806. The van der Waals surface area contributed by atoms with Gasteiger partial charge in [-0.25, -0.2) is 0 Å². The van der Waals surface area contributed by atoms with E-state index in [2.05, 4.69) is 0 Å². The number of ether oxygens (including phenoxy) is 1. The molecule has 2 saturated carbocycles. The van der Waals surface area contributed by atoms with Crippen LogP contribution in [0.25, 0.3) is 0 Å². The van der Waals surface area contributed by atoms with Crippen LogP contribution in [0.15, 0.2) is 12.1 Å². The van der Waals surface area contributed by atoms with Crippen molar-refractivity contribution < 1.29 is 20.1 Å². The fraction of sp³-hybridized carbons (Fsp3) is 0.667. The van der Waals surface area contributed by atoms with Crippen LogP contribution in [0.5, 0.6) is 11.5 Å². The summed E-state index contributed by atoms with van der Waals surface area (Å²) in [6.45, 7) is 0. The number of phenolic OH excluding ortho intramolecular Hbond substituents is 1. The van der Waals surface area contributed by atoms with Crippen molar-refractivity contribution in [1.82, 2.24) is 0 Å². The van der Waals surface area contributed by atoms with Gasteiger partial charge in [-0.15, -0.1) is 0 Å². The Morgan fingerprint density at radius 2 is 2.00 bits per heavy atom. The van der Waals surface area contributed by atoms with Gasteiger partial charge < -0.3 is 20.1 Å². The van der Waals surface area contributed by atoms with Crippen LogP contribution in [0.2, 0.25) is 0 Å². The molecule has 4 aliphatic rings. The molecule has 1 aliphatic heterocycles. The molecule has 0 aromatic heterocycles. The second kappa shape index (κ2) is 3.98. The molecule has 4 nitrogen and oxygen atoms in total. The molecule has 2 fully saturated rings. The Kier molecular flexibility index (Phi) is 2.39. The fourth-order valence-corrected chi connectivity index (χ4v) is 5.99. The number of benzene rings is 1. The van der Waals surface area contributed by atoms with Crippen molar-refractivity contribution >= 4 is 0 Å². The number of hydrogen-bond acceptors (Lipinski definition) is 4. The molecule has 118 valence electrons. The Bertz CT molecular complexity index is 657. The molecule has 0 amide bonds. The van der Waals surface area contributed by atoms with E-state index in [0.717, 1.165) is 37.7 Å². The SMILES string of the molecule is Oc1ccc2c3c1O[C@H]1[C@@H](O)CC[C@@]4(O)[C@H](CCCC[C@]314)C2. The highest BCUT2D eigenvalue weighted by Crippen LogP contribution is 2.66. The van der Waals surface area contributed by atoms with Gasteiger partial charge in [-0.1, -0.05) is 18.9 Å². The first-order valence-corrected chi connectivity index (χ1v) is 8.50. The molecule has 1 spiro atoms. The van der Waals surface area contributed by atoms with Crippen molar-refractivity contribution in [2.75, 3.05) is 0 Å². The predicted octanol–water partition coefficient (Wildman–Crippen LogP) is 2.02. The van der Waals surface area contributed by atoms with Crippen molar-refractivity contribution in [2.45, 2.75) is 68.2 Å². The molecule has 3 N–H and O–H groups in total. The maximum absolute atomic E-state index is 11.7. The van der Waals surface area contributed by atoms with Crippen molar-refractivity contribution in [3.8, 4) is 11.5 Å². The molecule has 1 heterocycles. The van der Waals surface area contributed by atoms with Crippen LogP contribution in [-0.2, 0) is 11.8 Å². The van der Waals surface area contributed by atoms with E-state index in [4.69, 9.17) is 4.74 Å². The third-order valence-electron chi connectivity index (χ3n) is 6.86. The van der Waals surface area contributed by atoms with Crippen LogP contribution >= 0.6 is 0 Å². The summed E-state index contributed by atoms with van der Waals surface area (Å²) in [6, 6.07) is 3.69. The minimum Gasteiger partial charge on any atom is -0.504 e. The molecule has 0 unspecified atom stereocenters. The smallest absolute Gasteiger partial charge is 0.165 e. The van der Waals surface area contributed by atoms with Crippen molar-refractivity contribution in [3.63, 3.8) is 0 Å². The topological polar surface area (TPSA) is 69.9 Å². The van der Waals surface area contributed by atoms with Gasteiger partial charge in [0.1, 0.15) is 6.10 Å². The zero-order chi connectivity index (χ0) is 15.1. The van der Waals surface area contributed by atoms with Gasteiger partial charge in [-0.2, -0.15) is 0 Å². The molecule has 1 aromatic rings. The van der Waals surface area contributed by atoms with Gasteiger partial charge in [0, 0.05) is 5.56 Å². The van der Waals surface area contributed by atoms with E-state index >= 15 is 0 Å². The molecule has 5 atom stereocenters. The zero-order valence-electron chi connectivity index (χ0n) is 12.6. The summed E-state index contributed by atoms with van der Waals surface area (Å²) in [6.07, 6.45) is 5.10. The fourth-order valence-electron chi connectivity index (χ4n) is 5.99. The van der Waals surface area contributed by atoms with Gasteiger partial charge in [-0.05, 0) is 49.7 Å². The van der Waals surface area contributed by atoms with Crippen molar-refractivity contribution in [3.05, 3.63) is 23.3 Å². The van der Waals surface area contributed by atoms with Gasteiger partial charge in [-0.3, -0.25) is 0 Å². The number of aliphatic hydroxyl groups excluding tert-OH is 1. The minimum absolute atomic E-state index is 0.139. The van der Waals surface area contributed by atoms with Crippen LogP contribution in [-0.4, -0.2) is 33.1 Å². The highest BCUT2D eigenvalue weighted by Gasteiger charge is 2.70. The zero-order valence-corrected chi connectivity index (χ0v) is 12.6. The largest absolute Gasteiger partial charge is 0.504 e. The van der Waals surface area contributed by atoms with E-state index in [1.54, 1.807) is 6.07 Å². The van der Waals surface area contributed by atoms with Crippen molar-refractivity contribution in [2.24, 2.45) is 5.92 Å². The maximum Gasteiger partial charge on any atom is 0.165 e. The highest BCUT2D eigenvalue weighted by molar-refractivity contribution is 5.61. The van der Waals surface area contributed by atoms with Crippen LogP contribution < -0.4 is 4.74 Å². The Morgan fingerprint density at radius 3 is 2.86 bits per heavy atom. The first-order chi connectivity index (χ1) is 10.6. The van der Waals surface area contributed by atoms with E-state index in [1.165, 1.54) is 5.56 Å². The summed E-state index contributed by atoms with van der Waals surface area (Å²) in [5.74, 6) is 0.888.